The summed E-state index contributed by atoms with van der Waals surface area (Å²) in [6.45, 7) is 5.47. The number of nitrogens with one attached hydrogen (secondary N) is 1. The molecule has 0 spiro atoms. The minimum absolute atomic E-state index is 0.0423. The Balaban J connectivity index is 1.46. The van der Waals surface area contributed by atoms with Gasteiger partial charge in [0.1, 0.15) is 6.04 Å². The van der Waals surface area contributed by atoms with E-state index >= 15 is 0 Å². The number of alkyl halides is 3. The molecule has 6 nitrogen and oxygen atoms in total. The Morgan fingerprint density at radius 1 is 1.27 bits per heavy atom. The van der Waals surface area contributed by atoms with Crippen LogP contribution in [0, 0.1) is 0 Å². The third kappa shape index (κ3) is 4.84. The van der Waals surface area contributed by atoms with Crippen LogP contribution in [-0.2, 0) is 22.3 Å². The van der Waals surface area contributed by atoms with Crippen molar-refractivity contribution in [3.63, 3.8) is 0 Å². The normalized spacial score (nSPS) is 18.9. The summed E-state index contributed by atoms with van der Waals surface area (Å²) >= 11 is 0. The van der Waals surface area contributed by atoms with Crippen molar-refractivity contribution in [2.45, 2.75) is 44.4 Å². The van der Waals surface area contributed by atoms with Crippen LogP contribution in [0.25, 0.3) is 0 Å². The third-order valence-electron chi connectivity index (χ3n) is 5.50. The monoisotopic (exact) mass is 422 g/mol. The summed E-state index contributed by atoms with van der Waals surface area (Å²) in [5, 5.41) is 6.54. The van der Waals surface area contributed by atoms with Crippen molar-refractivity contribution in [2.24, 2.45) is 0 Å². The zero-order chi connectivity index (χ0) is 21.3. The zero-order valence-electron chi connectivity index (χ0n) is 16.8. The van der Waals surface area contributed by atoms with Crippen LogP contribution in [0.3, 0.4) is 0 Å². The largest absolute Gasteiger partial charge is 0.435 e. The molecular weight excluding hydrogens is 397 g/mol. The highest BCUT2D eigenvalue weighted by Gasteiger charge is 2.39. The van der Waals surface area contributed by atoms with Gasteiger partial charge in [0.15, 0.2) is 5.69 Å². The van der Waals surface area contributed by atoms with Crippen LogP contribution in [0.5, 0.6) is 0 Å². The molecule has 2 fully saturated rings. The number of ether oxygens (including phenoxy) is 1. The third-order valence-corrected chi connectivity index (χ3v) is 5.50. The van der Waals surface area contributed by atoms with Gasteiger partial charge in [0.05, 0.1) is 13.2 Å². The van der Waals surface area contributed by atoms with Crippen molar-refractivity contribution >= 4 is 11.6 Å². The molecule has 162 valence electrons. The van der Waals surface area contributed by atoms with Crippen molar-refractivity contribution in [1.82, 2.24) is 14.7 Å². The summed E-state index contributed by atoms with van der Waals surface area (Å²) < 4.78 is 46.0. The predicted octanol–water partition coefficient (Wildman–Crippen LogP) is 3.81. The molecule has 1 aromatic carbocycles. The van der Waals surface area contributed by atoms with Crippen LogP contribution in [0.4, 0.5) is 18.9 Å². The summed E-state index contributed by atoms with van der Waals surface area (Å²) in [6.07, 6.45) is -2.89. The molecule has 1 saturated carbocycles. The molecule has 2 heterocycles. The number of rotatable bonds is 6. The van der Waals surface area contributed by atoms with E-state index in [9.17, 15) is 18.0 Å². The van der Waals surface area contributed by atoms with Crippen molar-refractivity contribution < 1.29 is 22.7 Å². The molecule has 1 aliphatic heterocycles. The number of halogens is 3. The lowest BCUT2D eigenvalue weighted by Gasteiger charge is -2.26. The van der Waals surface area contributed by atoms with Crippen molar-refractivity contribution in [2.75, 3.05) is 31.6 Å². The highest BCUT2D eigenvalue weighted by atomic mass is 19.4. The lowest BCUT2D eigenvalue weighted by atomic mass is 10.1. The summed E-state index contributed by atoms with van der Waals surface area (Å²) in [4.78, 5) is 15.1. The maximum Gasteiger partial charge on any atom is 0.435 e. The van der Waals surface area contributed by atoms with Gasteiger partial charge < -0.3 is 10.1 Å². The second kappa shape index (κ2) is 8.39. The Labute approximate surface area is 173 Å². The molecule has 1 N–H and O–H groups in total. The fraction of sp³-hybridized carbons (Fsp3) is 0.524. The average Bonchev–Trinajstić information content (AvgIpc) is 3.45. The molecule has 1 atom stereocenters. The van der Waals surface area contributed by atoms with Gasteiger partial charge in [0, 0.05) is 36.9 Å². The Morgan fingerprint density at radius 3 is 2.67 bits per heavy atom. The van der Waals surface area contributed by atoms with E-state index in [0.717, 1.165) is 44.1 Å². The Morgan fingerprint density at radius 2 is 2.00 bits per heavy atom. The molecule has 2 aromatic rings. The molecule has 2 aliphatic rings. The Kier molecular flexibility index (Phi) is 5.84. The maximum atomic E-state index is 13.1. The lowest BCUT2D eigenvalue weighted by Crippen LogP contribution is -2.35. The van der Waals surface area contributed by atoms with Gasteiger partial charge in [-0.25, -0.2) is 0 Å². The van der Waals surface area contributed by atoms with Crippen molar-refractivity contribution in [3.8, 4) is 0 Å². The van der Waals surface area contributed by atoms with Crippen LogP contribution < -0.4 is 5.32 Å². The highest BCUT2D eigenvalue weighted by molar-refractivity contribution is 5.93. The van der Waals surface area contributed by atoms with Crippen molar-refractivity contribution in [1.29, 1.82) is 0 Å². The van der Waals surface area contributed by atoms with Crippen LogP contribution in [0.2, 0.25) is 0 Å². The fourth-order valence-electron chi connectivity index (χ4n) is 3.66. The number of nitrogens with zero attached hydrogens (tertiary/aromatic N) is 3. The molecule has 0 radical (unpaired) electrons. The number of benzene rings is 1. The first-order valence-corrected chi connectivity index (χ1v) is 10.2. The molecular formula is C21H25F3N4O2. The molecule has 1 saturated heterocycles. The predicted molar refractivity (Wildman–Crippen MR) is 105 cm³/mol. The number of amides is 1. The summed E-state index contributed by atoms with van der Waals surface area (Å²) in [7, 11) is 0. The SMILES string of the molecule is CC(C(=O)Nc1cccc(CN2CCOCC2)c1)n1nc(C(F)(F)F)cc1C1CC1. The number of carbonyl (C=O) groups is 1. The second-order valence-corrected chi connectivity index (χ2v) is 7.93. The first kappa shape index (κ1) is 20.9. The van der Waals surface area contributed by atoms with Gasteiger partial charge in [-0.3, -0.25) is 14.4 Å². The van der Waals surface area contributed by atoms with Crippen LogP contribution >= 0.6 is 0 Å². The summed E-state index contributed by atoms with van der Waals surface area (Å²) in [5.74, 6) is -0.349. The van der Waals surface area contributed by atoms with Crippen molar-refractivity contribution in [3.05, 3.63) is 47.3 Å². The van der Waals surface area contributed by atoms with E-state index in [0.29, 0.717) is 24.6 Å². The van der Waals surface area contributed by atoms with Gasteiger partial charge in [-0.2, -0.15) is 18.3 Å². The van der Waals surface area contributed by atoms with Gasteiger partial charge in [-0.1, -0.05) is 12.1 Å². The summed E-state index contributed by atoms with van der Waals surface area (Å²) in [6, 6.07) is 7.75. The van der Waals surface area contributed by atoms with Gasteiger partial charge in [0.25, 0.3) is 0 Å². The molecule has 0 bridgehead atoms. The van der Waals surface area contributed by atoms with Crippen LogP contribution in [-0.4, -0.2) is 46.9 Å². The quantitative estimate of drug-likeness (QED) is 0.769. The molecule has 9 heteroatoms. The maximum absolute atomic E-state index is 13.1. The van der Waals surface area contributed by atoms with Gasteiger partial charge in [-0.05, 0) is 43.5 Å². The van der Waals surface area contributed by atoms with E-state index < -0.39 is 23.8 Å². The number of hydrogen-bond acceptors (Lipinski definition) is 4. The smallest absolute Gasteiger partial charge is 0.379 e. The average molecular weight is 422 g/mol. The van der Waals surface area contributed by atoms with Gasteiger partial charge in [-0.15, -0.1) is 0 Å². The number of anilines is 1. The molecule has 1 unspecified atom stereocenters. The standard InChI is InChI=1S/C21H25F3N4O2/c1-14(28-18(16-5-6-16)12-19(26-28)21(22,23)24)20(29)25-17-4-2-3-15(11-17)13-27-7-9-30-10-8-27/h2-4,11-12,14,16H,5-10,13H2,1H3,(H,25,29). The molecule has 30 heavy (non-hydrogen) atoms. The fourth-order valence-corrected chi connectivity index (χ4v) is 3.66. The van der Waals surface area contributed by atoms with Gasteiger partial charge in [0.2, 0.25) is 5.91 Å². The first-order valence-electron chi connectivity index (χ1n) is 10.2. The molecule has 1 amide bonds. The number of carbonyl (C=O) groups excluding carboxylic acids is 1. The second-order valence-electron chi connectivity index (χ2n) is 7.93. The van der Waals surface area contributed by atoms with E-state index in [1.807, 2.05) is 18.2 Å². The van der Waals surface area contributed by atoms with E-state index in [-0.39, 0.29) is 5.92 Å². The number of morpholine rings is 1. The first-order chi connectivity index (χ1) is 14.3. The van der Waals surface area contributed by atoms with E-state index in [1.54, 1.807) is 13.0 Å². The van der Waals surface area contributed by atoms with E-state index in [1.165, 1.54) is 4.68 Å². The number of aromatic nitrogens is 2. The van der Waals surface area contributed by atoms with E-state index in [4.69, 9.17) is 4.74 Å². The molecule has 1 aromatic heterocycles. The molecule has 1 aliphatic carbocycles. The zero-order valence-corrected chi connectivity index (χ0v) is 16.8. The topological polar surface area (TPSA) is 59.4 Å². The van der Waals surface area contributed by atoms with Crippen LogP contribution in [0.1, 0.15) is 48.7 Å². The Bertz CT molecular complexity index is 902. The minimum atomic E-state index is -4.53. The molecule has 4 rings (SSSR count). The Hall–Kier alpha value is -2.39. The highest BCUT2D eigenvalue weighted by Crippen LogP contribution is 2.43. The summed E-state index contributed by atoms with van der Waals surface area (Å²) in [5.41, 5.74) is 1.20. The van der Waals surface area contributed by atoms with Crippen LogP contribution in [0.15, 0.2) is 30.3 Å². The number of hydrogen-bond donors (Lipinski definition) is 1. The van der Waals surface area contributed by atoms with Gasteiger partial charge >= 0.3 is 6.18 Å². The lowest BCUT2D eigenvalue weighted by molar-refractivity contribution is -0.141. The van der Waals surface area contributed by atoms with E-state index in [2.05, 4.69) is 15.3 Å². The minimum Gasteiger partial charge on any atom is -0.379 e.